The van der Waals surface area contributed by atoms with Gasteiger partial charge in [-0.3, -0.25) is 4.57 Å². The molecule has 38 heavy (non-hydrogen) atoms. The van der Waals surface area contributed by atoms with Crippen LogP contribution in [0.5, 0.6) is 0 Å². The van der Waals surface area contributed by atoms with Crippen LogP contribution >= 0.6 is 7.60 Å². The second-order valence-corrected chi connectivity index (χ2v) is 14.8. The minimum absolute atomic E-state index is 0.0770. The summed E-state index contributed by atoms with van der Waals surface area (Å²) in [6.45, 7) is 13.7. The van der Waals surface area contributed by atoms with Crippen LogP contribution in [0.3, 0.4) is 0 Å². The van der Waals surface area contributed by atoms with Crippen molar-refractivity contribution in [3.63, 3.8) is 0 Å². The van der Waals surface area contributed by atoms with Crippen LogP contribution in [0, 0.1) is 35.5 Å². The van der Waals surface area contributed by atoms with Gasteiger partial charge in [0.05, 0.1) is 12.2 Å². The molecule has 2 aromatic carbocycles. The van der Waals surface area contributed by atoms with Crippen LogP contribution in [-0.4, -0.2) is 12.2 Å². The highest BCUT2D eigenvalue weighted by atomic mass is 31.2. The summed E-state index contributed by atoms with van der Waals surface area (Å²) in [6, 6.07) is 20.2. The maximum Gasteiger partial charge on any atom is 0.357 e. The van der Waals surface area contributed by atoms with Gasteiger partial charge in [0.1, 0.15) is 0 Å². The Morgan fingerprint density at radius 1 is 0.711 bits per heavy atom. The average molecular weight is 540 g/mol. The quantitative estimate of drug-likeness (QED) is 0.305. The van der Waals surface area contributed by atoms with Crippen molar-refractivity contribution in [2.75, 3.05) is 5.32 Å². The van der Waals surface area contributed by atoms with Crippen LogP contribution in [0.25, 0.3) is 0 Å². The molecule has 0 aromatic heterocycles. The molecule has 0 aliphatic heterocycles. The fraction of sp³-hybridized carbons (Fsp3) is 0.636. The van der Waals surface area contributed by atoms with Gasteiger partial charge in [0.15, 0.2) is 5.78 Å². The van der Waals surface area contributed by atoms with Crippen molar-refractivity contribution in [2.45, 2.75) is 98.1 Å². The van der Waals surface area contributed by atoms with E-state index in [1.54, 1.807) is 0 Å². The van der Waals surface area contributed by atoms with E-state index < -0.39 is 13.4 Å². The lowest BCUT2D eigenvalue weighted by Gasteiger charge is -2.43. The number of anilines is 1. The lowest BCUT2D eigenvalue weighted by atomic mass is 9.75. The summed E-state index contributed by atoms with van der Waals surface area (Å²) in [6.07, 6.45) is 6.33. The van der Waals surface area contributed by atoms with E-state index >= 15 is 4.57 Å². The molecule has 0 spiro atoms. The van der Waals surface area contributed by atoms with Crippen molar-refractivity contribution in [3.8, 4) is 0 Å². The van der Waals surface area contributed by atoms with E-state index in [0.29, 0.717) is 35.5 Å². The maximum atomic E-state index is 15.5. The van der Waals surface area contributed by atoms with Crippen molar-refractivity contribution in [3.05, 3.63) is 66.2 Å². The fourth-order valence-electron chi connectivity index (χ4n) is 6.67. The number of hydrogen-bond donors (Lipinski definition) is 1. The monoisotopic (exact) mass is 539 g/mol. The molecule has 210 valence electrons. The molecule has 0 radical (unpaired) electrons. The predicted octanol–water partition coefficient (Wildman–Crippen LogP) is 9.95. The highest BCUT2D eigenvalue weighted by molar-refractivity contribution is 7.54. The molecule has 0 heterocycles. The Hall–Kier alpha value is -1.61. The van der Waals surface area contributed by atoms with Gasteiger partial charge in [0.2, 0.25) is 0 Å². The van der Waals surface area contributed by atoms with Crippen LogP contribution in [0.2, 0.25) is 0 Å². The molecule has 2 aliphatic carbocycles. The third-order valence-electron chi connectivity index (χ3n) is 9.00. The zero-order chi connectivity index (χ0) is 27.3. The second-order valence-electron chi connectivity index (χ2n) is 12.8. The molecule has 0 bridgehead atoms. The van der Waals surface area contributed by atoms with E-state index in [-0.39, 0.29) is 12.2 Å². The summed E-state index contributed by atoms with van der Waals surface area (Å²) in [5.41, 5.74) is 1.86. The largest absolute Gasteiger partial charge is 0.368 e. The Bertz CT molecular complexity index is 989. The Morgan fingerprint density at radius 3 is 1.61 bits per heavy atom. The lowest BCUT2D eigenvalue weighted by molar-refractivity contribution is -0.00541. The zero-order valence-corrected chi connectivity index (χ0v) is 25.3. The van der Waals surface area contributed by atoms with Gasteiger partial charge in [-0.1, -0.05) is 103 Å². The molecular weight excluding hydrogens is 489 g/mol. The first-order valence-corrected chi connectivity index (χ1v) is 16.6. The Morgan fingerprint density at radius 2 is 1.16 bits per heavy atom. The molecule has 4 nitrogen and oxygen atoms in total. The highest BCUT2D eigenvalue weighted by Gasteiger charge is 2.47. The first-order chi connectivity index (χ1) is 18.2. The summed E-state index contributed by atoms with van der Waals surface area (Å²) in [4.78, 5) is 0. The van der Waals surface area contributed by atoms with Gasteiger partial charge in [0.25, 0.3) is 0 Å². The molecule has 1 N–H and O–H groups in total. The maximum absolute atomic E-state index is 15.5. The van der Waals surface area contributed by atoms with Crippen molar-refractivity contribution >= 4 is 13.3 Å². The van der Waals surface area contributed by atoms with Crippen molar-refractivity contribution < 1.29 is 13.6 Å². The number of hydrogen-bond acceptors (Lipinski definition) is 4. The Balaban J connectivity index is 1.76. The summed E-state index contributed by atoms with van der Waals surface area (Å²) in [5.74, 6) is 2.22. The summed E-state index contributed by atoms with van der Waals surface area (Å²) < 4.78 is 29.4. The summed E-state index contributed by atoms with van der Waals surface area (Å²) in [7, 11) is -3.67. The third-order valence-corrected chi connectivity index (χ3v) is 11.2. The Labute approximate surface area is 231 Å². The molecule has 2 aromatic rings. The first kappa shape index (κ1) is 29.4. The van der Waals surface area contributed by atoms with E-state index in [1.165, 1.54) is 12.8 Å². The van der Waals surface area contributed by atoms with E-state index in [4.69, 9.17) is 9.05 Å². The third kappa shape index (κ3) is 7.32. The molecule has 2 saturated carbocycles. The number of rotatable bonds is 10. The molecular formula is C33H50NO3P. The van der Waals surface area contributed by atoms with Crippen LogP contribution in [0.15, 0.2) is 60.7 Å². The van der Waals surface area contributed by atoms with Crippen molar-refractivity contribution in [1.29, 1.82) is 0 Å². The molecule has 4 rings (SSSR count). The zero-order valence-electron chi connectivity index (χ0n) is 24.4. The average Bonchev–Trinajstić information content (AvgIpc) is 2.88. The SMILES string of the molecule is CC(C)[C@H]1CC[C@H](C)C[C@H]1OP(=O)(O[C@@H]1C[C@@H](C)CC[C@@H]1C(C)C)[C@H](Nc1ccccc1)c1ccccc1. The van der Waals surface area contributed by atoms with Crippen LogP contribution in [-0.2, 0) is 13.6 Å². The van der Waals surface area contributed by atoms with Gasteiger partial charge < -0.3 is 14.4 Å². The van der Waals surface area contributed by atoms with Crippen LogP contribution in [0.1, 0.15) is 91.4 Å². The van der Waals surface area contributed by atoms with Crippen molar-refractivity contribution in [1.82, 2.24) is 0 Å². The molecule has 5 heteroatoms. The number of nitrogens with one attached hydrogen (secondary N) is 1. The lowest BCUT2D eigenvalue weighted by Crippen LogP contribution is -2.37. The van der Waals surface area contributed by atoms with Gasteiger partial charge in [-0.2, -0.15) is 0 Å². The number of para-hydroxylation sites is 1. The molecule has 0 saturated heterocycles. The molecule has 0 unspecified atom stereocenters. The van der Waals surface area contributed by atoms with E-state index in [2.05, 4.69) is 46.9 Å². The normalized spacial score (nSPS) is 29.4. The van der Waals surface area contributed by atoms with Gasteiger partial charge >= 0.3 is 7.60 Å². The molecule has 2 fully saturated rings. The molecule has 2 aliphatic rings. The smallest absolute Gasteiger partial charge is 0.357 e. The second kappa shape index (κ2) is 13.2. The predicted molar refractivity (Wildman–Crippen MR) is 159 cm³/mol. The van der Waals surface area contributed by atoms with Gasteiger partial charge in [-0.15, -0.1) is 0 Å². The van der Waals surface area contributed by atoms with Gasteiger partial charge in [-0.25, -0.2) is 0 Å². The standard InChI is InChI=1S/C33H50NO3P/c1-23(2)29-19-17-25(5)21-31(29)36-38(35,37-32-22-26(6)18-20-30(32)24(3)4)33(27-13-9-7-10-14-27)34-28-15-11-8-12-16-28/h7-16,23-26,29-34H,17-22H2,1-6H3/t25-,26-,29+,30+,31+,32+,33-/m0/s1. The van der Waals surface area contributed by atoms with E-state index in [9.17, 15) is 0 Å². The highest BCUT2D eigenvalue weighted by Crippen LogP contribution is 2.65. The van der Waals surface area contributed by atoms with Crippen molar-refractivity contribution in [2.24, 2.45) is 35.5 Å². The first-order valence-electron chi connectivity index (χ1n) is 15.0. The summed E-state index contributed by atoms with van der Waals surface area (Å²) in [5, 5.41) is 3.61. The summed E-state index contributed by atoms with van der Waals surface area (Å²) >= 11 is 0. The van der Waals surface area contributed by atoms with Crippen LogP contribution in [0.4, 0.5) is 5.69 Å². The number of benzene rings is 2. The molecule has 7 atom stereocenters. The van der Waals surface area contributed by atoms with E-state index in [0.717, 1.165) is 36.9 Å². The molecule has 0 amide bonds. The Kier molecular flexibility index (Phi) is 10.2. The van der Waals surface area contributed by atoms with Gasteiger partial charge in [0, 0.05) is 5.69 Å². The minimum Gasteiger partial charge on any atom is -0.368 e. The van der Waals surface area contributed by atoms with Crippen LogP contribution < -0.4 is 5.32 Å². The topological polar surface area (TPSA) is 47.6 Å². The van der Waals surface area contributed by atoms with Gasteiger partial charge in [-0.05, 0) is 78.9 Å². The fourth-order valence-corrected chi connectivity index (χ4v) is 9.05. The van der Waals surface area contributed by atoms with E-state index in [1.807, 2.05) is 60.7 Å². The minimum atomic E-state index is -3.67.